The summed E-state index contributed by atoms with van der Waals surface area (Å²) in [6, 6.07) is 17.1. The van der Waals surface area contributed by atoms with E-state index in [0.717, 1.165) is 23.8 Å². The number of halogens is 1. The third-order valence-corrected chi connectivity index (χ3v) is 5.42. The van der Waals surface area contributed by atoms with E-state index in [2.05, 4.69) is 0 Å². The van der Waals surface area contributed by atoms with E-state index < -0.39 is 53.9 Å². The van der Waals surface area contributed by atoms with Gasteiger partial charge in [0, 0.05) is 12.3 Å². The average Bonchev–Trinajstić information content (AvgIpc) is 3.08. The molecule has 1 aromatic heterocycles. The first-order valence-corrected chi connectivity index (χ1v) is 10.4. The molecule has 2 aromatic carbocycles. The summed E-state index contributed by atoms with van der Waals surface area (Å²) in [5.41, 5.74) is -3.54. The van der Waals surface area contributed by atoms with Gasteiger partial charge >= 0.3 is 17.6 Å². The van der Waals surface area contributed by atoms with Crippen LogP contribution in [0.5, 0.6) is 0 Å². The van der Waals surface area contributed by atoms with Crippen LogP contribution in [-0.4, -0.2) is 46.0 Å². The number of rotatable bonds is 6. The highest BCUT2D eigenvalue weighted by Gasteiger charge is 2.58. The van der Waals surface area contributed by atoms with Crippen LogP contribution in [0.3, 0.4) is 0 Å². The standard InChI is InChI=1S/C24H21FN2O7/c1-24(25)19(34-21(30)16-10-6-3-7-11-16)17(14-32-20(29)15-8-4-2-5-9-15)33-22(24)27-13-12-18(28)26-23(27)31/h2-13,17,19,22H,14H2,1H3,(H,26,28,31)/t17-,19-,22?,24-/m1/s1. The SMILES string of the molecule is C[C@]1(F)C(n2ccc(=O)[nH]c2=O)O[C@H](COC(=O)c2ccccc2)[C@H]1OC(=O)c1ccccc1. The van der Waals surface area contributed by atoms with E-state index in [1.807, 2.05) is 4.98 Å². The fourth-order valence-electron chi connectivity index (χ4n) is 3.71. The van der Waals surface area contributed by atoms with Gasteiger partial charge in [0.15, 0.2) is 18.0 Å². The molecule has 4 rings (SSSR count). The number of hydrogen-bond donors (Lipinski definition) is 1. The molecule has 1 aliphatic rings. The van der Waals surface area contributed by atoms with Gasteiger partial charge in [0.05, 0.1) is 11.1 Å². The van der Waals surface area contributed by atoms with E-state index >= 15 is 4.39 Å². The molecule has 10 heteroatoms. The van der Waals surface area contributed by atoms with E-state index in [1.54, 1.807) is 48.5 Å². The maximum absolute atomic E-state index is 16.1. The third-order valence-electron chi connectivity index (χ3n) is 5.42. The second-order valence-electron chi connectivity index (χ2n) is 7.85. The number of aromatic nitrogens is 2. The molecule has 0 amide bonds. The van der Waals surface area contributed by atoms with E-state index in [-0.39, 0.29) is 11.1 Å². The summed E-state index contributed by atoms with van der Waals surface area (Å²) < 4.78 is 33.4. The van der Waals surface area contributed by atoms with Gasteiger partial charge in [0.25, 0.3) is 5.56 Å². The summed E-state index contributed by atoms with van der Waals surface area (Å²) >= 11 is 0. The van der Waals surface area contributed by atoms with Crippen LogP contribution in [0.15, 0.2) is 82.5 Å². The van der Waals surface area contributed by atoms with Gasteiger partial charge in [0.2, 0.25) is 0 Å². The van der Waals surface area contributed by atoms with Crippen molar-refractivity contribution in [1.82, 2.24) is 9.55 Å². The fourth-order valence-corrected chi connectivity index (χ4v) is 3.71. The second-order valence-corrected chi connectivity index (χ2v) is 7.85. The molecule has 176 valence electrons. The predicted octanol–water partition coefficient (Wildman–Crippen LogP) is 2.24. The average molecular weight is 468 g/mol. The van der Waals surface area contributed by atoms with Crippen molar-refractivity contribution in [3.05, 3.63) is 105 Å². The Morgan fingerprint density at radius 3 is 2.18 bits per heavy atom. The number of aromatic amines is 1. The number of alkyl halides is 1. The lowest BCUT2D eigenvalue weighted by atomic mass is 9.98. The molecule has 0 saturated carbocycles. The van der Waals surface area contributed by atoms with Crippen molar-refractivity contribution in [2.24, 2.45) is 0 Å². The van der Waals surface area contributed by atoms with Gasteiger partial charge in [-0.15, -0.1) is 0 Å². The molecule has 9 nitrogen and oxygen atoms in total. The Morgan fingerprint density at radius 1 is 1.00 bits per heavy atom. The zero-order valence-electron chi connectivity index (χ0n) is 18.1. The van der Waals surface area contributed by atoms with Crippen molar-refractivity contribution in [3.63, 3.8) is 0 Å². The van der Waals surface area contributed by atoms with Crippen LogP contribution >= 0.6 is 0 Å². The lowest BCUT2D eigenvalue weighted by Gasteiger charge is -2.27. The quantitative estimate of drug-likeness (QED) is 0.552. The number of carbonyl (C=O) groups is 2. The summed E-state index contributed by atoms with van der Waals surface area (Å²) in [5, 5.41) is 0. The number of nitrogens with one attached hydrogen (secondary N) is 1. The number of ether oxygens (including phenoxy) is 3. The molecule has 0 radical (unpaired) electrons. The molecule has 2 heterocycles. The normalized spacial score (nSPS) is 23.9. The van der Waals surface area contributed by atoms with Crippen molar-refractivity contribution in [2.45, 2.75) is 31.0 Å². The highest BCUT2D eigenvalue weighted by Crippen LogP contribution is 2.42. The highest BCUT2D eigenvalue weighted by molar-refractivity contribution is 5.90. The van der Waals surface area contributed by atoms with Crippen LogP contribution < -0.4 is 11.2 Å². The number of hydrogen-bond acceptors (Lipinski definition) is 7. The van der Waals surface area contributed by atoms with Crippen LogP contribution in [-0.2, 0) is 14.2 Å². The first kappa shape index (κ1) is 23.1. The monoisotopic (exact) mass is 468 g/mol. The van der Waals surface area contributed by atoms with E-state index in [1.165, 1.54) is 12.1 Å². The van der Waals surface area contributed by atoms with Gasteiger partial charge in [-0.2, -0.15) is 0 Å². The first-order chi connectivity index (χ1) is 16.3. The largest absolute Gasteiger partial charge is 0.459 e. The summed E-state index contributed by atoms with van der Waals surface area (Å²) in [5.74, 6) is -1.49. The minimum Gasteiger partial charge on any atom is -0.459 e. The third kappa shape index (κ3) is 4.67. The summed E-state index contributed by atoms with van der Waals surface area (Å²) in [6.45, 7) is 0.658. The molecule has 0 aliphatic carbocycles. The van der Waals surface area contributed by atoms with Gasteiger partial charge in [-0.05, 0) is 31.2 Å². The Kier molecular flexibility index (Phi) is 6.42. The van der Waals surface area contributed by atoms with Crippen LogP contribution in [0.2, 0.25) is 0 Å². The summed E-state index contributed by atoms with van der Waals surface area (Å²) in [7, 11) is 0. The number of carbonyl (C=O) groups excluding carboxylic acids is 2. The summed E-state index contributed by atoms with van der Waals surface area (Å²) in [6.07, 6.45) is -3.25. The minimum absolute atomic E-state index is 0.183. The highest BCUT2D eigenvalue weighted by atomic mass is 19.1. The molecular formula is C24H21FN2O7. The van der Waals surface area contributed by atoms with Gasteiger partial charge in [-0.1, -0.05) is 36.4 Å². The number of esters is 2. The topological polar surface area (TPSA) is 117 Å². The van der Waals surface area contributed by atoms with Gasteiger partial charge in [-0.25, -0.2) is 18.8 Å². The van der Waals surface area contributed by atoms with Crippen molar-refractivity contribution >= 4 is 11.9 Å². The number of benzene rings is 2. The maximum Gasteiger partial charge on any atom is 0.338 e. The Morgan fingerprint density at radius 2 is 1.59 bits per heavy atom. The van der Waals surface area contributed by atoms with Crippen molar-refractivity contribution < 1.29 is 28.2 Å². The molecule has 1 fully saturated rings. The zero-order chi connectivity index (χ0) is 24.3. The zero-order valence-corrected chi connectivity index (χ0v) is 18.1. The smallest absolute Gasteiger partial charge is 0.338 e. The molecule has 0 spiro atoms. The Balaban J connectivity index is 1.62. The van der Waals surface area contributed by atoms with Gasteiger partial charge in [0.1, 0.15) is 12.7 Å². The minimum atomic E-state index is -2.42. The molecule has 1 N–H and O–H groups in total. The van der Waals surface area contributed by atoms with E-state index in [9.17, 15) is 19.2 Å². The molecule has 4 atom stereocenters. The van der Waals surface area contributed by atoms with Crippen molar-refractivity contribution in [1.29, 1.82) is 0 Å². The summed E-state index contributed by atoms with van der Waals surface area (Å²) in [4.78, 5) is 50.8. The van der Waals surface area contributed by atoms with E-state index in [0.29, 0.717) is 0 Å². The second kappa shape index (κ2) is 9.44. The lowest BCUT2D eigenvalue weighted by molar-refractivity contribution is -0.0649. The number of H-pyrrole nitrogens is 1. The van der Waals surface area contributed by atoms with Crippen molar-refractivity contribution in [2.75, 3.05) is 6.61 Å². The Hall–Kier alpha value is -4.05. The fraction of sp³-hybridized carbons (Fsp3) is 0.250. The Labute approximate surface area is 192 Å². The number of nitrogens with zero attached hydrogens (tertiary/aromatic N) is 1. The van der Waals surface area contributed by atoms with E-state index in [4.69, 9.17) is 14.2 Å². The Bertz CT molecular complexity index is 1290. The van der Waals surface area contributed by atoms with Crippen LogP contribution in [0.1, 0.15) is 33.9 Å². The first-order valence-electron chi connectivity index (χ1n) is 10.4. The lowest BCUT2D eigenvalue weighted by Crippen LogP contribution is -2.46. The molecular weight excluding hydrogens is 447 g/mol. The predicted molar refractivity (Wildman–Crippen MR) is 117 cm³/mol. The molecule has 1 saturated heterocycles. The van der Waals surface area contributed by atoms with Gasteiger partial charge in [-0.3, -0.25) is 14.3 Å². The molecule has 1 unspecified atom stereocenters. The molecule has 34 heavy (non-hydrogen) atoms. The van der Waals surface area contributed by atoms with Crippen LogP contribution in [0.25, 0.3) is 0 Å². The molecule has 1 aliphatic heterocycles. The van der Waals surface area contributed by atoms with Gasteiger partial charge < -0.3 is 14.2 Å². The molecule has 0 bridgehead atoms. The van der Waals surface area contributed by atoms with Crippen molar-refractivity contribution in [3.8, 4) is 0 Å². The van der Waals surface area contributed by atoms with Crippen LogP contribution in [0.4, 0.5) is 4.39 Å². The van der Waals surface area contributed by atoms with Crippen LogP contribution in [0, 0.1) is 0 Å². The molecule has 3 aromatic rings. The maximum atomic E-state index is 16.1.